The van der Waals surface area contributed by atoms with Gasteiger partial charge in [-0.05, 0) is 51.4 Å². The molecule has 1 aliphatic rings. The standard InChI is InChI=1S/C20H31N5O7/c1-19(2,3)32-18(29)22-14(8-7-12-24-13-11-21-17(24)25(30)31)15(26)23-20(16(27)28)9-5-4-6-10-20/h11,13-14H,4-10,12H2,1-3H3,(H,22,29)(H,23,26)(H,27,28)/t14-/m0/s1. The van der Waals surface area contributed by atoms with Gasteiger partial charge in [0.2, 0.25) is 5.91 Å². The molecule has 12 nitrogen and oxygen atoms in total. The highest BCUT2D eigenvalue weighted by Crippen LogP contribution is 2.28. The summed E-state index contributed by atoms with van der Waals surface area (Å²) in [4.78, 5) is 51.3. The molecule has 1 atom stereocenters. The maximum absolute atomic E-state index is 13.0. The molecular formula is C20H31N5O7. The molecule has 0 bridgehead atoms. The summed E-state index contributed by atoms with van der Waals surface area (Å²) in [7, 11) is 0. The van der Waals surface area contributed by atoms with Gasteiger partial charge in [0.05, 0.1) is 6.54 Å². The zero-order valence-electron chi connectivity index (χ0n) is 18.6. The molecule has 0 unspecified atom stereocenters. The zero-order valence-corrected chi connectivity index (χ0v) is 18.6. The summed E-state index contributed by atoms with van der Waals surface area (Å²) < 4.78 is 6.57. The second kappa shape index (κ2) is 10.4. The van der Waals surface area contributed by atoms with E-state index in [1.807, 2.05) is 0 Å². The fourth-order valence-electron chi connectivity index (χ4n) is 3.70. The van der Waals surface area contributed by atoms with Crippen LogP contribution in [-0.2, 0) is 20.9 Å². The van der Waals surface area contributed by atoms with Gasteiger partial charge < -0.3 is 30.6 Å². The number of carbonyl (C=O) groups excluding carboxylic acids is 2. The summed E-state index contributed by atoms with van der Waals surface area (Å²) in [6.45, 7) is 5.24. The molecule has 0 spiro atoms. The van der Waals surface area contributed by atoms with Crippen LogP contribution in [0.4, 0.5) is 10.7 Å². The highest BCUT2D eigenvalue weighted by molar-refractivity contribution is 5.91. The minimum atomic E-state index is -1.37. The van der Waals surface area contributed by atoms with E-state index in [2.05, 4.69) is 15.6 Å². The van der Waals surface area contributed by atoms with Crippen molar-refractivity contribution in [2.45, 2.75) is 89.4 Å². The van der Waals surface area contributed by atoms with E-state index in [0.717, 1.165) is 6.42 Å². The molecular weight excluding hydrogens is 422 g/mol. The topological polar surface area (TPSA) is 166 Å². The number of aryl methyl sites for hydroxylation is 1. The number of hydrogen-bond donors (Lipinski definition) is 3. The molecule has 0 aliphatic heterocycles. The third-order valence-electron chi connectivity index (χ3n) is 5.24. The van der Waals surface area contributed by atoms with E-state index in [9.17, 15) is 29.6 Å². The number of ether oxygens (including phenoxy) is 1. The Bertz CT molecular complexity index is 840. The van der Waals surface area contributed by atoms with Gasteiger partial charge in [-0.3, -0.25) is 4.79 Å². The van der Waals surface area contributed by atoms with Gasteiger partial charge in [0.25, 0.3) is 0 Å². The van der Waals surface area contributed by atoms with Gasteiger partial charge in [-0.2, -0.15) is 0 Å². The Balaban J connectivity index is 2.10. The average Bonchev–Trinajstić information content (AvgIpc) is 3.15. The number of aromatic nitrogens is 2. The van der Waals surface area contributed by atoms with Crippen molar-refractivity contribution in [3.05, 3.63) is 22.5 Å². The van der Waals surface area contributed by atoms with Gasteiger partial charge in [0, 0.05) is 0 Å². The van der Waals surface area contributed by atoms with E-state index < -0.39 is 40.1 Å². The molecule has 1 aromatic heterocycles. The summed E-state index contributed by atoms with van der Waals surface area (Å²) in [5.74, 6) is -2.05. The SMILES string of the molecule is CC(C)(C)OC(=O)N[C@@H](CCCn1ccnc1[N+](=O)[O-])C(=O)NC1(C(=O)O)CCCCC1. The molecule has 2 rings (SSSR count). The molecule has 12 heteroatoms. The van der Waals surface area contributed by atoms with Crippen molar-refractivity contribution in [1.29, 1.82) is 0 Å². The first-order valence-electron chi connectivity index (χ1n) is 10.6. The molecule has 1 heterocycles. The lowest BCUT2D eigenvalue weighted by Crippen LogP contribution is -2.60. The van der Waals surface area contributed by atoms with E-state index in [1.165, 1.54) is 17.0 Å². The van der Waals surface area contributed by atoms with Crippen molar-refractivity contribution in [3.8, 4) is 0 Å². The number of nitro groups is 1. The number of carboxylic acids is 1. The normalized spacial score (nSPS) is 16.6. The Hall–Kier alpha value is -3.18. The van der Waals surface area contributed by atoms with Crippen molar-refractivity contribution in [1.82, 2.24) is 20.2 Å². The maximum Gasteiger partial charge on any atom is 0.434 e. The number of carbonyl (C=O) groups is 3. The monoisotopic (exact) mass is 453 g/mol. The lowest BCUT2D eigenvalue weighted by Gasteiger charge is -2.35. The van der Waals surface area contributed by atoms with Crippen LogP contribution < -0.4 is 10.6 Å². The number of aliphatic carboxylic acids is 1. The van der Waals surface area contributed by atoms with Gasteiger partial charge in [-0.15, -0.1) is 0 Å². The molecule has 3 N–H and O–H groups in total. The van der Waals surface area contributed by atoms with Crippen molar-refractivity contribution in [2.24, 2.45) is 0 Å². The molecule has 0 radical (unpaired) electrons. The van der Waals surface area contributed by atoms with Crippen LogP contribution in [0, 0.1) is 10.1 Å². The molecule has 1 saturated carbocycles. The second-order valence-electron chi connectivity index (χ2n) is 8.96. The van der Waals surface area contributed by atoms with Gasteiger partial charge in [-0.25, -0.2) is 14.2 Å². The quantitative estimate of drug-likeness (QED) is 0.378. The Labute approximate surface area is 185 Å². The van der Waals surface area contributed by atoms with Crippen LogP contribution in [0.5, 0.6) is 0 Å². The fourth-order valence-corrected chi connectivity index (χ4v) is 3.70. The average molecular weight is 453 g/mol. The molecule has 32 heavy (non-hydrogen) atoms. The Morgan fingerprint density at radius 1 is 1.31 bits per heavy atom. The number of rotatable bonds is 9. The van der Waals surface area contributed by atoms with Crippen LogP contribution in [0.2, 0.25) is 0 Å². The van der Waals surface area contributed by atoms with Gasteiger partial charge in [0.15, 0.2) is 0 Å². The van der Waals surface area contributed by atoms with Gasteiger partial charge in [0.1, 0.15) is 29.6 Å². The zero-order chi connectivity index (χ0) is 23.9. The first-order chi connectivity index (χ1) is 14.9. The maximum atomic E-state index is 13.0. The Morgan fingerprint density at radius 3 is 2.53 bits per heavy atom. The summed E-state index contributed by atoms with van der Waals surface area (Å²) >= 11 is 0. The number of imidazole rings is 1. The predicted molar refractivity (Wildman–Crippen MR) is 113 cm³/mol. The van der Waals surface area contributed by atoms with Crippen molar-refractivity contribution >= 4 is 23.9 Å². The smallest absolute Gasteiger partial charge is 0.434 e. The van der Waals surface area contributed by atoms with Crippen molar-refractivity contribution < 1.29 is 29.2 Å². The lowest BCUT2D eigenvalue weighted by molar-refractivity contribution is -0.396. The minimum Gasteiger partial charge on any atom is -0.480 e. The summed E-state index contributed by atoms with van der Waals surface area (Å²) in [6.07, 6.45) is 5.26. The van der Waals surface area contributed by atoms with E-state index in [4.69, 9.17) is 4.74 Å². The van der Waals surface area contributed by atoms with E-state index in [0.29, 0.717) is 32.1 Å². The van der Waals surface area contributed by atoms with E-state index in [1.54, 1.807) is 20.8 Å². The van der Waals surface area contributed by atoms with Crippen LogP contribution in [-0.4, -0.2) is 54.7 Å². The molecule has 178 valence electrons. The summed E-state index contributed by atoms with van der Waals surface area (Å²) in [5, 5.41) is 25.9. The number of nitrogens with one attached hydrogen (secondary N) is 2. The number of alkyl carbamates (subject to hydrolysis) is 1. The van der Waals surface area contributed by atoms with Crippen molar-refractivity contribution in [2.75, 3.05) is 0 Å². The van der Waals surface area contributed by atoms with Crippen LogP contribution >= 0.6 is 0 Å². The molecule has 0 aromatic carbocycles. The van der Waals surface area contributed by atoms with Crippen LogP contribution in [0.1, 0.15) is 65.7 Å². The molecule has 2 amide bonds. The highest BCUT2D eigenvalue weighted by atomic mass is 16.6. The highest BCUT2D eigenvalue weighted by Gasteiger charge is 2.42. The number of hydrogen-bond acceptors (Lipinski definition) is 7. The van der Waals surface area contributed by atoms with Crippen LogP contribution in [0.3, 0.4) is 0 Å². The Morgan fingerprint density at radius 2 is 1.97 bits per heavy atom. The second-order valence-corrected chi connectivity index (χ2v) is 8.96. The summed E-state index contributed by atoms with van der Waals surface area (Å²) in [6, 6.07) is -1.06. The number of carboxylic acid groups (broad SMARTS) is 1. The van der Waals surface area contributed by atoms with E-state index >= 15 is 0 Å². The summed E-state index contributed by atoms with van der Waals surface area (Å²) in [5.41, 5.74) is -2.15. The third kappa shape index (κ3) is 6.92. The van der Waals surface area contributed by atoms with E-state index in [-0.39, 0.29) is 18.9 Å². The van der Waals surface area contributed by atoms with Crippen LogP contribution in [0.15, 0.2) is 12.4 Å². The van der Waals surface area contributed by atoms with Gasteiger partial charge >= 0.3 is 18.0 Å². The fraction of sp³-hybridized carbons (Fsp3) is 0.700. The minimum absolute atomic E-state index is 0.121. The molecule has 1 fully saturated rings. The molecule has 1 aromatic rings. The van der Waals surface area contributed by atoms with Crippen LogP contribution in [0.25, 0.3) is 0 Å². The third-order valence-corrected chi connectivity index (χ3v) is 5.24. The number of amides is 2. The van der Waals surface area contributed by atoms with Crippen molar-refractivity contribution in [3.63, 3.8) is 0 Å². The largest absolute Gasteiger partial charge is 0.480 e. The van der Waals surface area contributed by atoms with Gasteiger partial charge in [-0.1, -0.05) is 24.2 Å². The predicted octanol–water partition coefficient (Wildman–Crippen LogP) is 2.37. The molecule has 0 saturated heterocycles. The first kappa shape index (κ1) is 25.1. The lowest BCUT2D eigenvalue weighted by atomic mass is 9.81. The molecule has 1 aliphatic carbocycles. The Kier molecular flexibility index (Phi) is 8.17. The first-order valence-corrected chi connectivity index (χ1v) is 10.6. The number of nitrogens with zero attached hydrogens (tertiary/aromatic N) is 3.